The number of carbonyl (C=O) groups is 1. The smallest absolute Gasteiger partial charge is 0.331 e. The molecule has 0 aliphatic carbocycles. The van der Waals surface area contributed by atoms with E-state index in [9.17, 15) is 35.4 Å². The van der Waals surface area contributed by atoms with E-state index in [0.29, 0.717) is 11.6 Å². The topological polar surface area (TPSA) is 201 Å². The molecule has 1 aromatic heterocycles. The van der Waals surface area contributed by atoms with E-state index in [0.717, 1.165) is 5.57 Å². The number of aromatic nitrogens is 1. The second-order valence-electron chi connectivity index (χ2n) is 15.8. The first-order valence-corrected chi connectivity index (χ1v) is 20.7. The zero-order chi connectivity index (χ0) is 44.4. The molecule has 2 aliphatic rings. The van der Waals surface area contributed by atoms with Crippen LogP contribution in [0.3, 0.4) is 0 Å². The summed E-state index contributed by atoms with van der Waals surface area (Å²) in [6.07, 6.45) is 21.4. The Balaban J connectivity index is 1.92. The summed E-state index contributed by atoms with van der Waals surface area (Å²) in [7, 11) is 1.41. The van der Waals surface area contributed by atoms with Gasteiger partial charge in [-0.05, 0) is 33.3 Å². The molecule has 60 heavy (non-hydrogen) atoms. The lowest BCUT2D eigenvalue weighted by molar-refractivity contribution is -0.305. The Morgan fingerprint density at radius 3 is 2.13 bits per heavy atom. The molecular formula is C47H67NO12. The quantitative estimate of drug-likeness (QED) is 0.186. The molecule has 2 aliphatic heterocycles. The maximum Gasteiger partial charge on any atom is 0.331 e. The van der Waals surface area contributed by atoms with Gasteiger partial charge in [0, 0.05) is 37.4 Å². The third-order valence-electron chi connectivity index (χ3n) is 10.5. The van der Waals surface area contributed by atoms with E-state index in [4.69, 9.17) is 23.4 Å². The molecular weight excluding hydrogens is 771 g/mol. The summed E-state index contributed by atoms with van der Waals surface area (Å²) in [6.45, 7) is 12.6. The zero-order valence-electron chi connectivity index (χ0n) is 36.0. The number of allylic oxidation sites excluding steroid dienone is 12. The molecule has 1 saturated heterocycles. The van der Waals surface area contributed by atoms with Crippen LogP contribution >= 0.6 is 0 Å². The molecule has 0 saturated carbocycles. The predicted molar refractivity (Wildman–Crippen MR) is 230 cm³/mol. The van der Waals surface area contributed by atoms with E-state index in [2.05, 4.69) is 4.98 Å². The van der Waals surface area contributed by atoms with Crippen LogP contribution in [0.1, 0.15) is 78.8 Å². The van der Waals surface area contributed by atoms with E-state index in [1.807, 2.05) is 51.2 Å². The van der Waals surface area contributed by atoms with Crippen LogP contribution in [0.5, 0.6) is 0 Å². The fourth-order valence-electron chi connectivity index (χ4n) is 6.85. The molecule has 0 aromatic carbocycles. The van der Waals surface area contributed by atoms with E-state index >= 15 is 0 Å². The fourth-order valence-corrected chi connectivity index (χ4v) is 6.85. The minimum absolute atomic E-state index is 0.0458. The average Bonchev–Trinajstić information content (AvgIpc) is 3.67. The van der Waals surface area contributed by atoms with Gasteiger partial charge < -0.3 is 54.0 Å². The number of ether oxygens (including phenoxy) is 4. The van der Waals surface area contributed by atoms with Crippen molar-refractivity contribution < 1.29 is 58.8 Å². The number of hydrogen-bond acceptors (Lipinski definition) is 13. The van der Waals surface area contributed by atoms with Crippen molar-refractivity contribution >= 4 is 12.0 Å². The highest BCUT2D eigenvalue weighted by atomic mass is 16.7. The van der Waals surface area contributed by atoms with Crippen LogP contribution < -0.4 is 0 Å². The number of methoxy groups -OCH3 is 1. The van der Waals surface area contributed by atoms with E-state index in [1.54, 1.807) is 94.5 Å². The van der Waals surface area contributed by atoms with E-state index in [1.165, 1.54) is 19.4 Å². The Morgan fingerprint density at radius 1 is 0.817 bits per heavy atom. The van der Waals surface area contributed by atoms with Crippen molar-refractivity contribution in [2.45, 2.75) is 135 Å². The van der Waals surface area contributed by atoms with Crippen LogP contribution in [0, 0.1) is 17.8 Å². The number of rotatable bonds is 7. The Labute approximate surface area is 355 Å². The molecule has 0 spiro atoms. The van der Waals surface area contributed by atoms with Gasteiger partial charge in [-0.2, -0.15) is 0 Å². The summed E-state index contributed by atoms with van der Waals surface area (Å²) in [6, 6.07) is 0. The monoisotopic (exact) mass is 837 g/mol. The highest BCUT2D eigenvalue weighted by Crippen LogP contribution is 2.28. The highest BCUT2D eigenvalue weighted by Gasteiger charge is 2.44. The second-order valence-corrected chi connectivity index (χ2v) is 15.8. The minimum atomic E-state index is -1.25. The zero-order valence-corrected chi connectivity index (χ0v) is 36.0. The first kappa shape index (κ1) is 50.3. The highest BCUT2D eigenvalue weighted by molar-refractivity contribution is 5.82. The number of nitrogens with zero attached hydrogens (tertiary/aromatic N) is 1. The van der Waals surface area contributed by atoms with Gasteiger partial charge in [0.25, 0.3) is 0 Å². The van der Waals surface area contributed by atoms with Crippen LogP contribution in [-0.2, 0) is 23.7 Å². The molecule has 332 valence electrons. The number of carbonyl (C=O) groups excluding carboxylic acids is 1. The number of cyclic esters (lactones) is 1. The third kappa shape index (κ3) is 16.4. The van der Waals surface area contributed by atoms with Crippen molar-refractivity contribution in [2.75, 3.05) is 7.11 Å². The third-order valence-corrected chi connectivity index (χ3v) is 10.5. The summed E-state index contributed by atoms with van der Waals surface area (Å²) in [5, 5.41) is 63.6. The van der Waals surface area contributed by atoms with Gasteiger partial charge in [0.15, 0.2) is 12.2 Å². The number of oxazole rings is 1. The molecule has 2 bridgehead atoms. The Morgan fingerprint density at radius 2 is 1.45 bits per heavy atom. The molecule has 6 N–H and O–H groups in total. The summed E-state index contributed by atoms with van der Waals surface area (Å²) in [5.74, 6) is -1.80. The summed E-state index contributed by atoms with van der Waals surface area (Å²) >= 11 is 0. The lowest BCUT2D eigenvalue weighted by atomic mass is 9.86. The van der Waals surface area contributed by atoms with Crippen LogP contribution in [-0.4, -0.2) is 116 Å². The molecule has 13 heteroatoms. The lowest BCUT2D eigenvalue weighted by Gasteiger charge is -2.42. The molecule has 0 amide bonds. The average molecular weight is 838 g/mol. The van der Waals surface area contributed by atoms with Crippen LogP contribution in [0.15, 0.2) is 113 Å². The Kier molecular flexibility index (Phi) is 21.5. The van der Waals surface area contributed by atoms with Crippen molar-refractivity contribution in [1.82, 2.24) is 4.98 Å². The van der Waals surface area contributed by atoms with Gasteiger partial charge in [-0.15, -0.1) is 0 Å². The first-order chi connectivity index (χ1) is 28.5. The van der Waals surface area contributed by atoms with Crippen LogP contribution in [0.2, 0.25) is 0 Å². The normalized spacial score (nSPS) is 38.6. The van der Waals surface area contributed by atoms with Crippen LogP contribution in [0.25, 0.3) is 6.08 Å². The second kappa shape index (κ2) is 25.7. The van der Waals surface area contributed by atoms with Crippen LogP contribution in [0.4, 0.5) is 0 Å². The number of aliphatic hydroxyl groups excluding tert-OH is 6. The molecule has 3 heterocycles. The number of esters is 1. The van der Waals surface area contributed by atoms with Gasteiger partial charge in [0.2, 0.25) is 0 Å². The molecule has 15 atom stereocenters. The van der Waals surface area contributed by atoms with Crippen molar-refractivity contribution in [2.24, 2.45) is 17.8 Å². The molecule has 13 nitrogen and oxygen atoms in total. The van der Waals surface area contributed by atoms with Gasteiger partial charge in [-0.25, -0.2) is 9.78 Å². The molecule has 1 aromatic rings. The van der Waals surface area contributed by atoms with Gasteiger partial charge in [-0.1, -0.05) is 124 Å². The SMILES string of the molecule is COC1C(O)C(C)OC(OC2/C=C\C=C/c3coc(n3)C(C)C(O)CC(O)\C=C/C=C\C=C/C(C)C(C(C)C(O)CC(C)O)OC(=O)\C=C/C=C\C=C/C(C)=C\C2C)C1O. The van der Waals surface area contributed by atoms with Crippen molar-refractivity contribution in [3.63, 3.8) is 0 Å². The van der Waals surface area contributed by atoms with E-state index in [-0.39, 0.29) is 24.7 Å². The number of hydrogen-bond donors (Lipinski definition) is 6. The van der Waals surface area contributed by atoms with Gasteiger partial charge in [-0.3, -0.25) is 0 Å². The standard InChI is InChI=1S/C47H67NO12/c1-29-19-13-9-12-16-24-41(53)60-44(33(5)38(51)26-32(4)49)30(2)20-14-10-11-15-22-37(50)27-39(52)34(6)46-48-36(28-57-46)21-17-18-23-40(31(3)25-29)59-47-43(55)45(56-8)42(54)35(7)58-47/h9-25,28,30-35,37-40,42-45,47,49-52,54-55H,26-27H2,1-8H3/b11-10-,12-9-,19-13-,20-14-,21-17-,22-15-,23-18-,24-16-,29-25-. The number of fused-ring (bicyclic) bond motifs is 2. The van der Waals surface area contributed by atoms with Crippen molar-refractivity contribution in [1.29, 1.82) is 0 Å². The maximum absolute atomic E-state index is 12.9. The number of aliphatic hydroxyl groups is 6. The largest absolute Gasteiger partial charge is 0.458 e. The first-order valence-electron chi connectivity index (χ1n) is 20.7. The Hall–Kier alpha value is -4.02. The van der Waals surface area contributed by atoms with Crippen molar-refractivity contribution in [3.05, 3.63) is 121 Å². The summed E-state index contributed by atoms with van der Waals surface area (Å²) in [4.78, 5) is 17.5. The molecule has 15 unspecified atom stereocenters. The maximum atomic E-state index is 12.9. The Bertz CT molecular complexity index is 1720. The van der Waals surface area contributed by atoms with Gasteiger partial charge >= 0.3 is 5.97 Å². The summed E-state index contributed by atoms with van der Waals surface area (Å²) < 4.78 is 29.1. The van der Waals surface area contributed by atoms with E-state index < -0.39 is 85.1 Å². The molecule has 3 rings (SSSR count). The van der Waals surface area contributed by atoms with Gasteiger partial charge in [0.1, 0.15) is 36.4 Å². The van der Waals surface area contributed by atoms with Gasteiger partial charge in [0.05, 0.1) is 42.5 Å². The molecule has 0 radical (unpaired) electrons. The predicted octanol–water partition coefficient (Wildman–Crippen LogP) is 5.58. The summed E-state index contributed by atoms with van der Waals surface area (Å²) in [5.41, 5.74) is 1.43. The lowest BCUT2D eigenvalue weighted by Crippen LogP contribution is -2.58. The van der Waals surface area contributed by atoms with Crippen molar-refractivity contribution in [3.8, 4) is 0 Å². The fraction of sp³-hybridized carbons (Fsp3) is 0.532. The minimum Gasteiger partial charge on any atom is -0.458 e. The molecule has 1 fully saturated rings.